The normalized spacial score (nSPS) is 13.2. The Balaban J connectivity index is -0.000000159. The molecule has 0 aliphatic carbocycles. The third-order valence-electron chi connectivity index (χ3n) is 5.38. The van der Waals surface area contributed by atoms with E-state index in [1.54, 1.807) is 0 Å². The third-order valence-corrected chi connectivity index (χ3v) is 5.38. The Labute approximate surface area is 267 Å². The maximum atomic E-state index is 3.89. The minimum absolute atomic E-state index is 0.362. The number of hydrogen-bond acceptors (Lipinski definition) is 1. The summed E-state index contributed by atoms with van der Waals surface area (Å²) in [4.78, 5) is 0. The van der Waals surface area contributed by atoms with Gasteiger partial charge in [-0.15, -0.1) is 0 Å². The Morgan fingerprint density at radius 1 is 0.643 bits per heavy atom. The average Bonchev–Trinajstić information content (AvgIpc) is 3.15. The summed E-state index contributed by atoms with van der Waals surface area (Å²) in [7, 11) is 0. The van der Waals surface area contributed by atoms with Crippen LogP contribution in [0.3, 0.4) is 0 Å². The summed E-state index contributed by atoms with van der Waals surface area (Å²) in [5.74, 6) is 0.624. The van der Waals surface area contributed by atoms with Gasteiger partial charge in [-0.3, -0.25) is 0 Å². The third kappa shape index (κ3) is 27.6. The first-order valence-electron chi connectivity index (χ1n) is 16.6. The molecule has 0 spiro atoms. The van der Waals surface area contributed by atoms with Crippen LogP contribution in [0.15, 0.2) is 102 Å². The SMILES string of the molecule is C=CC1=C(/C=C\C)NC(/C=C\C)=C(C=C)CC1.CC.CC.CC.CC.CC(C)(C)C.CC(c1ccccc1)C(C)(C)C. The van der Waals surface area contributed by atoms with Gasteiger partial charge in [0.2, 0.25) is 0 Å². The first kappa shape index (κ1) is 49.2. The van der Waals surface area contributed by atoms with Gasteiger partial charge in [-0.05, 0) is 72.3 Å². The molecule has 0 aromatic heterocycles. The molecule has 1 N–H and O–H groups in total. The first-order valence-corrected chi connectivity index (χ1v) is 16.6. The molecule has 1 heteroatoms. The fourth-order valence-corrected chi connectivity index (χ4v) is 3.14. The van der Waals surface area contributed by atoms with Crippen molar-refractivity contribution in [2.24, 2.45) is 10.8 Å². The molecule has 1 nitrogen and oxygen atoms in total. The fourth-order valence-electron chi connectivity index (χ4n) is 3.14. The van der Waals surface area contributed by atoms with Crippen LogP contribution in [0.2, 0.25) is 0 Å². The summed E-state index contributed by atoms with van der Waals surface area (Å²) in [6.45, 7) is 45.7. The molecular formula is C41H75N. The van der Waals surface area contributed by atoms with Gasteiger partial charge < -0.3 is 5.32 Å². The highest BCUT2D eigenvalue weighted by Gasteiger charge is 2.20. The van der Waals surface area contributed by atoms with Gasteiger partial charge in [-0.1, -0.05) is 179 Å². The van der Waals surface area contributed by atoms with Crippen molar-refractivity contribution in [1.29, 1.82) is 0 Å². The van der Waals surface area contributed by atoms with Gasteiger partial charge in [-0.2, -0.15) is 0 Å². The lowest BCUT2D eigenvalue weighted by Gasteiger charge is -2.27. The van der Waals surface area contributed by atoms with Crippen LogP contribution in [0.5, 0.6) is 0 Å². The van der Waals surface area contributed by atoms with E-state index in [4.69, 9.17) is 0 Å². The van der Waals surface area contributed by atoms with Crippen molar-refractivity contribution in [3.8, 4) is 0 Å². The largest absolute Gasteiger partial charge is 0.355 e. The molecule has 1 aromatic carbocycles. The second kappa shape index (κ2) is 31.4. The Morgan fingerprint density at radius 3 is 1.19 bits per heavy atom. The molecule has 0 fully saturated rings. The van der Waals surface area contributed by atoms with Crippen molar-refractivity contribution in [2.45, 2.75) is 143 Å². The van der Waals surface area contributed by atoms with Crippen LogP contribution in [0.25, 0.3) is 0 Å². The van der Waals surface area contributed by atoms with E-state index < -0.39 is 0 Å². The molecule has 1 aliphatic heterocycles. The van der Waals surface area contributed by atoms with Crippen LogP contribution in [0, 0.1) is 10.8 Å². The molecule has 0 radical (unpaired) electrons. The quantitative estimate of drug-likeness (QED) is 0.364. The standard InChI is InChI=1S/C16H21N.C12H18.C5H12.4C2H6/c1-5-9-15-13(7-3)11-12-14(8-4)16(17-15)10-6-2;1-10(12(2,3)4)11-8-6-5-7-9-11;1-5(2,3)4;4*1-2/h5-10,17H,3-4,11-12H2,1-2H3;5-10H,1-4H3;1-4H3;4*1-2H3/b9-5-,10-6-;;;;;;. The van der Waals surface area contributed by atoms with Crippen molar-refractivity contribution in [3.05, 3.63) is 108 Å². The molecule has 0 saturated heterocycles. The zero-order valence-corrected chi connectivity index (χ0v) is 31.8. The van der Waals surface area contributed by atoms with Crippen LogP contribution in [0.4, 0.5) is 0 Å². The van der Waals surface area contributed by atoms with E-state index in [0.29, 0.717) is 16.7 Å². The zero-order valence-electron chi connectivity index (χ0n) is 31.8. The monoisotopic (exact) mass is 582 g/mol. The number of benzene rings is 1. The van der Waals surface area contributed by atoms with Crippen molar-refractivity contribution in [3.63, 3.8) is 0 Å². The van der Waals surface area contributed by atoms with Crippen LogP contribution < -0.4 is 5.32 Å². The van der Waals surface area contributed by atoms with E-state index in [9.17, 15) is 0 Å². The van der Waals surface area contributed by atoms with Crippen LogP contribution >= 0.6 is 0 Å². The fraction of sp³-hybridized carbons (Fsp3) is 0.561. The number of nitrogens with one attached hydrogen (secondary N) is 1. The molecule has 1 aliphatic rings. The highest BCUT2D eigenvalue weighted by atomic mass is 14.9. The molecule has 1 unspecified atom stereocenters. The molecule has 1 aromatic rings. The van der Waals surface area contributed by atoms with E-state index in [1.807, 2.05) is 93.5 Å². The van der Waals surface area contributed by atoms with Crippen LogP contribution in [0.1, 0.15) is 149 Å². The van der Waals surface area contributed by atoms with Crippen molar-refractivity contribution < 1.29 is 0 Å². The van der Waals surface area contributed by atoms with Gasteiger partial charge >= 0.3 is 0 Å². The minimum atomic E-state index is 0.362. The second-order valence-corrected chi connectivity index (χ2v) is 11.4. The molecular weight excluding hydrogens is 506 g/mol. The topological polar surface area (TPSA) is 12.0 Å². The number of allylic oxidation sites excluding steroid dienone is 8. The zero-order chi connectivity index (χ0) is 34.4. The van der Waals surface area contributed by atoms with Gasteiger partial charge in [0.1, 0.15) is 0 Å². The van der Waals surface area contributed by atoms with Crippen LogP contribution in [-0.4, -0.2) is 0 Å². The van der Waals surface area contributed by atoms with Crippen LogP contribution in [-0.2, 0) is 0 Å². The summed E-state index contributed by atoms with van der Waals surface area (Å²) in [6, 6.07) is 10.7. The maximum Gasteiger partial charge on any atom is 0.0413 e. The Hall–Kier alpha value is -2.54. The van der Waals surface area contributed by atoms with E-state index in [2.05, 4.69) is 116 Å². The second-order valence-electron chi connectivity index (χ2n) is 11.4. The van der Waals surface area contributed by atoms with Gasteiger partial charge in [0.05, 0.1) is 0 Å². The number of rotatable bonds is 5. The summed E-state index contributed by atoms with van der Waals surface area (Å²) < 4.78 is 0. The van der Waals surface area contributed by atoms with Gasteiger partial charge in [-0.25, -0.2) is 0 Å². The van der Waals surface area contributed by atoms with E-state index in [1.165, 1.54) is 16.7 Å². The van der Waals surface area contributed by atoms with E-state index in [-0.39, 0.29) is 0 Å². The predicted molar refractivity (Wildman–Crippen MR) is 201 cm³/mol. The molecule has 42 heavy (non-hydrogen) atoms. The maximum absolute atomic E-state index is 3.89. The highest BCUT2D eigenvalue weighted by Crippen LogP contribution is 2.33. The smallest absolute Gasteiger partial charge is 0.0413 e. The van der Waals surface area contributed by atoms with Crippen molar-refractivity contribution in [1.82, 2.24) is 5.32 Å². The lowest BCUT2D eigenvalue weighted by atomic mass is 9.78. The van der Waals surface area contributed by atoms with E-state index in [0.717, 1.165) is 24.2 Å². The predicted octanol–water partition coefficient (Wildman–Crippen LogP) is 14.4. The Kier molecular flexibility index (Phi) is 36.7. The average molecular weight is 582 g/mol. The first-order chi connectivity index (χ1) is 19.8. The van der Waals surface area contributed by atoms with Crippen molar-refractivity contribution >= 4 is 0 Å². The lowest BCUT2D eigenvalue weighted by molar-refractivity contribution is 0.339. The lowest BCUT2D eigenvalue weighted by Crippen LogP contribution is -2.14. The Bertz CT molecular complexity index is 816. The molecule has 0 saturated carbocycles. The molecule has 0 amide bonds. The number of hydrogen-bond donors (Lipinski definition) is 1. The summed E-state index contributed by atoms with van der Waals surface area (Å²) >= 11 is 0. The van der Waals surface area contributed by atoms with Gasteiger partial charge in [0.15, 0.2) is 0 Å². The minimum Gasteiger partial charge on any atom is -0.355 e. The molecule has 244 valence electrons. The molecule has 1 heterocycles. The highest BCUT2D eigenvalue weighted by molar-refractivity contribution is 5.42. The summed E-state index contributed by atoms with van der Waals surface area (Å²) in [5, 5.41) is 3.46. The Morgan fingerprint density at radius 2 is 0.952 bits per heavy atom. The molecule has 0 bridgehead atoms. The van der Waals surface area contributed by atoms with Crippen molar-refractivity contribution in [2.75, 3.05) is 0 Å². The van der Waals surface area contributed by atoms with E-state index >= 15 is 0 Å². The molecule has 2 rings (SSSR count). The summed E-state index contributed by atoms with van der Waals surface area (Å²) in [5.41, 5.74) is 7.07. The van der Waals surface area contributed by atoms with Gasteiger partial charge in [0.25, 0.3) is 0 Å². The molecule has 1 atom stereocenters. The van der Waals surface area contributed by atoms with Gasteiger partial charge in [0, 0.05) is 11.4 Å². The summed E-state index contributed by atoms with van der Waals surface area (Å²) in [6.07, 6.45) is 14.1.